The molecule has 0 atom stereocenters. The Morgan fingerprint density at radius 3 is 2.43 bits per heavy atom. The molecule has 122 valence electrons. The Labute approximate surface area is 141 Å². The Morgan fingerprint density at radius 2 is 1.91 bits per heavy atom. The van der Waals surface area contributed by atoms with Crippen LogP contribution >= 0.6 is 11.8 Å². The summed E-state index contributed by atoms with van der Waals surface area (Å²) in [6.07, 6.45) is 4.19. The minimum absolute atomic E-state index is 0.0724. The molecule has 1 aliphatic carbocycles. The van der Waals surface area contributed by atoms with Gasteiger partial charge >= 0.3 is 0 Å². The van der Waals surface area contributed by atoms with Crippen LogP contribution in [0.25, 0.3) is 11.3 Å². The van der Waals surface area contributed by atoms with Crippen molar-refractivity contribution in [1.82, 2.24) is 14.7 Å². The van der Waals surface area contributed by atoms with Crippen LogP contribution in [-0.2, 0) is 6.54 Å². The van der Waals surface area contributed by atoms with Crippen LogP contribution < -0.4 is 5.56 Å². The SMILES string of the molecule is CSc1ccc(-c2nn(C3CC3)c(=O)c(CN(C)C)c2C)cc1. The molecule has 1 fully saturated rings. The van der Waals surface area contributed by atoms with E-state index in [1.807, 2.05) is 25.9 Å². The number of rotatable bonds is 5. The molecule has 1 aromatic heterocycles. The summed E-state index contributed by atoms with van der Waals surface area (Å²) < 4.78 is 1.71. The van der Waals surface area contributed by atoms with Crippen LogP contribution in [0.5, 0.6) is 0 Å². The lowest BCUT2D eigenvalue weighted by atomic mass is 10.0. The molecule has 2 aromatic rings. The zero-order chi connectivity index (χ0) is 16.6. The van der Waals surface area contributed by atoms with Gasteiger partial charge in [0.2, 0.25) is 0 Å². The van der Waals surface area contributed by atoms with Crippen molar-refractivity contribution in [1.29, 1.82) is 0 Å². The molecule has 0 radical (unpaired) electrons. The molecule has 0 saturated heterocycles. The Morgan fingerprint density at radius 1 is 1.26 bits per heavy atom. The van der Waals surface area contributed by atoms with Gasteiger partial charge in [0, 0.05) is 22.6 Å². The highest BCUT2D eigenvalue weighted by atomic mass is 32.2. The monoisotopic (exact) mass is 329 g/mol. The first-order chi connectivity index (χ1) is 11.0. The lowest BCUT2D eigenvalue weighted by Gasteiger charge is -2.17. The number of benzene rings is 1. The summed E-state index contributed by atoms with van der Waals surface area (Å²) >= 11 is 1.73. The maximum absolute atomic E-state index is 12.8. The van der Waals surface area contributed by atoms with Crippen molar-refractivity contribution in [3.63, 3.8) is 0 Å². The third-order valence-corrected chi connectivity index (χ3v) is 4.96. The molecule has 0 N–H and O–H groups in total. The van der Waals surface area contributed by atoms with Crippen molar-refractivity contribution in [3.05, 3.63) is 45.7 Å². The topological polar surface area (TPSA) is 38.1 Å². The second-order valence-electron chi connectivity index (χ2n) is 6.40. The van der Waals surface area contributed by atoms with E-state index in [1.165, 1.54) is 4.90 Å². The van der Waals surface area contributed by atoms with E-state index in [9.17, 15) is 4.79 Å². The summed E-state index contributed by atoms with van der Waals surface area (Å²) in [4.78, 5) is 16.0. The molecule has 4 nitrogen and oxygen atoms in total. The van der Waals surface area contributed by atoms with Crippen molar-refractivity contribution in [3.8, 4) is 11.3 Å². The minimum atomic E-state index is 0.0724. The number of hydrogen-bond donors (Lipinski definition) is 0. The number of thioether (sulfide) groups is 1. The Hall–Kier alpha value is -1.59. The van der Waals surface area contributed by atoms with Crippen LogP contribution in [0.3, 0.4) is 0 Å². The van der Waals surface area contributed by atoms with Crippen molar-refractivity contribution in [2.45, 2.75) is 37.2 Å². The van der Waals surface area contributed by atoms with Gasteiger partial charge in [-0.2, -0.15) is 5.10 Å². The third-order valence-electron chi connectivity index (χ3n) is 4.21. The van der Waals surface area contributed by atoms with E-state index in [-0.39, 0.29) is 11.6 Å². The largest absolute Gasteiger partial charge is 0.305 e. The van der Waals surface area contributed by atoms with Crippen LogP contribution in [0.4, 0.5) is 0 Å². The summed E-state index contributed by atoms with van der Waals surface area (Å²) in [6, 6.07) is 8.71. The fraction of sp³-hybridized carbons (Fsp3) is 0.444. The highest BCUT2D eigenvalue weighted by molar-refractivity contribution is 7.98. The molecule has 5 heteroatoms. The number of aromatic nitrogens is 2. The molecule has 23 heavy (non-hydrogen) atoms. The molecular formula is C18H23N3OS. The zero-order valence-corrected chi connectivity index (χ0v) is 15.0. The van der Waals surface area contributed by atoms with Crippen molar-refractivity contribution < 1.29 is 0 Å². The first-order valence-corrected chi connectivity index (χ1v) is 9.15. The van der Waals surface area contributed by atoms with Crippen LogP contribution in [0.1, 0.15) is 30.0 Å². The Kier molecular flexibility index (Phi) is 4.60. The fourth-order valence-electron chi connectivity index (χ4n) is 2.76. The smallest absolute Gasteiger partial charge is 0.271 e. The fourth-order valence-corrected chi connectivity index (χ4v) is 3.17. The standard InChI is InChI=1S/C18H23N3OS/c1-12-16(11-20(2)3)18(22)21(14-7-8-14)19-17(12)13-5-9-15(23-4)10-6-13/h5-6,9-10,14H,7-8,11H2,1-4H3. The molecule has 3 rings (SSSR count). The molecule has 1 saturated carbocycles. The molecule has 1 aromatic carbocycles. The molecule has 1 heterocycles. The van der Waals surface area contributed by atoms with E-state index in [2.05, 4.69) is 30.5 Å². The van der Waals surface area contributed by atoms with Crippen molar-refractivity contribution in [2.24, 2.45) is 0 Å². The first kappa shape index (κ1) is 16.3. The van der Waals surface area contributed by atoms with E-state index in [0.29, 0.717) is 6.54 Å². The van der Waals surface area contributed by atoms with E-state index in [0.717, 1.165) is 35.2 Å². The van der Waals surface area contributed by atoms with Crippen LogP contribution in [0, 0.1) is 6.92 Å². The van der Waals surface area contributed by atoms with Crippen LogP contribution in [0.15, 0.2) is 34.0 Å². The molecule has 0 aliphatic heterocycles. The van der Waals surface area contributed by atoms with Gasteiger partial charge in [-0.05, 0) is 57.8 Å². The highest BCUT2D eigenvalue weighted by Crippen LogP contribution is 2.34. The molecule has 0 bridgehead atoms. The molecule has 0 unspecified atom stereocenters. The summed E-state index contributed by atoms with van der Waals surface area (Å²) in [7, 11) is 3.99. The van der Waals surface area contributed by atoms with Crippen LogP contribution in [-0.4, -0.2) is 35.0 Å². The van der Waals surface area contributed by atoms with E-state index < -0.39 is 0 Å². The van der Waals surface area contributed by atoms with E-state index in [1.54, 1.807) is 16.4 Å². The average Bonchev–Trinajstić information content (AvgIpc) is 3.36. The van der Waals surface area contributed by atoms with Gasteiger partial charge in [0.05, 0.1) is 11.7 Å². The second kappa shape index (κ2) is 6.49. The predicted molar refractivity (Wildman–Crippen MR) is 96.1 cm³/mol. The van der Waals surface area contributed by atoms with Crippen LogP contribution in [0.2, 0.25) is 0 Å². The average molecular weight is 329 g/mol. The Bertz CT molecular complexity index is 761. The number of nitrogens with zero attached hydrogens (tertiary/aromatic N) is 3. The van der Waals surface area contributed by atoms with Gasteiger partial charge in [-0.15, -0.1) is 11.8 Å². The molecule has 0 amide bonds. The molecular weight excluding hydrogens is 306 g/mol. The van der Waals surface area contributed by atoms with Crippen molar-refractivity contribution in [2.75, 3.05) is 20.4 Å². The Balaban J connectivity index is 2.14. The van der Waals surface area contributed by atoms with Gasteiger partial charge in [0.25, 0.3) is 5.56 Å². The van der Waals surface area contributed by atoms with Gasteiger partial charge in [0.15, 0.2) is 0 Å². The van der Waals surface area contributed by atoms with Crippen molar-refractivity contribution >= 4 is 11.8 Å². The summed E-state index contributed by atoms with van der Waals surface area (Å²) in [6.45, 7) is 2.66. The normalized spacial score (nSPS) is 14.5. The summed E-state index contributed by atoms with van der Waals surface area (Å²) in [5, 5.41) is 4.71. The van der Waals surface area contributed by atoms with Gasteiger partial charge in [0.1, 0.15) is 0 Å². The molecule has 0 spiro atoms. The van der Waals surface area contributed by atoms with E-state index >= 15 is 0 Å². The van der Waals surface area contributed by atoms with Gasteiger partial charge in [-0.1, -0.05) is 12.1 Å². The maximum Gasteiger partial charge on any atom is 0.271 e. The quantitative estimate of drug-likeness (QED) is 0.789. The minimum Gasteiger partial charge on any atom is -0.305 e. The predicted octanol–water partition coefficient (Wildman–Crippen LogP) is 3.34. The van der Waals surface area contributed by atoms with Gasteiger partial charge < -0.3 is 4.90 Å². The van der Waals surface area contributed by atoms with Gasteiger partial charge in [-0.3, -0.25) is 4.79 Å². The lowest BCUT2D eigenvalue weighted by Crippen LogP contribution is -2.30. The second-order valence-corrected chi connectivity index (χ2v) is 7.28. The summed E-state index contributed by atoms with van der Waals surface area (Å²) in [5.74, 6) is 0. The maximum atomic E-state index is 12.8. The number of hydrogen-bond acceptors (Lipinski definition) is 4. The van der Waals surface area contributed by atoms with E-state index in [4.69, 9.17) is 5.10 Å². The summed E-state index contributed by atoms with van der Waals surface area (Å²) in [5.41, 5.74) is 3.94. The highest BCUT2D eigenvalue weighted by Gasteiger charge is 2.28. The third kappa shape index (κ3) is 3.35. The zero-order valence-electron chi connectivity index (χ0n) is 14.2. The first-order valence-electron chi connectivity index (χ1n) is 7.92. The molecule has 1 aliphatic rings. The lowest BCUT2D eigenvalue weighted by molar-refractivity contribution is 0.395. The van der Waals surface area contributed by atoms with Gasteiger partial charge in [-0.25, -0.2) is 4.68 Å².